The van der Waals surface area contributed by atoms with Crippen LogP contribution < -0.4 is 14.4 Å². The first-order valence-corrected chi connectivity index (χ1v) is 12.3. The molecule has 0 amide bonds. The lowest BCUT2D eigenvalue weighted by Crippen LogP contribution is -2.44. The summed E-state index contributed by atoms with van der Waals surface area (Å²) < 4.78 is 18.2. The molecule has 2 aromatic heterocycles. The van der Waals surface area contributed by atoms with Crippen molar-refractivity contribution in [3.63, 3.8) is 0 Å². The molecule has 10 heteroatoms. The summed E-state index contributed by atoms with van der Waals surface area (Å²) in [6, 6.07) is 11.6. The van der Waals surface area contributed by atoms with Gasteiger partial charge in [0.15, 0.2) is 0 Å². The van der Waals surface area contributed by atoms with Crippen molar-refractivity contribution in [3.8, 4) is 22.8 Å². The average Bonchev–Trinajstić information content (AvgIpc) is 3.37. The van der Waals surface area contributed by atoms with Gasteiger partial charge >= 0.3 is 0 Å². The van der Waals surface area contributed by atoms with Crippen molar-refractivity contribution in [2.24, 2.45) is 7.05 Å². The van der Waals surface area contributed by atoms with E-state index in [-0.39, 0.29) is 0 Å². The van der Waals surface area contributed by atoms with E-state index >= 15 is 0 Å². The molecule has 1 saturated heterocycles. The van der Waals surface area contributed by atoms with Crippen molar-refractivity contribution in [2.75, 3.05) is 58.5 Å². The summed E-state index contributed by atoms with van der Waals surface area (Å²) in [7, 11) is 5.13. The number of hydrogen-bond acceptors (Lipinski definition) is 9. The number of aliphatic hydroxyl groups excluding tert-OH is 1. The third-order valence-electron chi connectivity index (χ3n) is 6.45. The predicted octanol–water partition coefficient (Wildman–Crippen LogP) is 2.88. The minimum Gasteiger partial charge on any atom is -0.497 e. The number of nitrogens with zero attached hydrogens (tertiary/aromatic N) is 6. The molecule has 0 aliphatic carbocycles. The molecule has 5 rings (SSSR count). The van der Waals surface area contributed by atoms with Crippen LogP contribution in [-0.2, 0) is 11.8 Å². The maximum absolute atomic E-state index is 11.1. The number of methoxy groups -OCH3 is 2. The quantitative estimate of drug-likeness (QED) is 0.369. The number of aliphatic hydroxyl groups is 1. The summed E-state index contributed by atoms with van der Waals surface area (Å²) in [6.07, 6.45) is 4.85. The lowest BCUT2D eigenvalue weighted by molar-refractivity contribution is 0.0164. The minimum atomic E-state index is -0.598. The van der Waals surface area contributed by atoms with E-state index in [1.54, 1.807) is 31.3 Å². The molecule has 0 spiro atoms. The average molecular weight is 505 g/mol. The van der Waals surface area contributed by atoms with Crippen molar-refractivity contribution in [2.45, 2.75) is 6.10 Å². The van der Waals surface area contributed by atoms with E-state index in [4.69, 9.17) is 19.2 Å². The minimum absolute atomic E-state index is 0.370. The number of benzene rings is 2. The third-order valence-corrected chi connectivity index (χ3v) is 6.45. The second-order valence-electron chi connectivity index (χ2n) is 9.08. The van der Waals surface area contributed by atoms with Crippen molar-refractivity contribution in [3.05, 3.63) is 55.0 Å². The zero-order valence-electron chi connectivity index (χ0n) is 21.4. The molecule has 3 heterocycles. The fourth-order valence-electron chi connectivity index (χ4n) is 4.52. The van der Waals surface area contributed by atoms with Gasteiger partial charge in [-0.25, -0.2) is 4.98 Å². The van der Waals surface area contributed by atoms with Crippen LogP contribution in [0.3, 0.4) is 0 Å². The lowest BCUT2D eigenvalue weighted by Gasteiger charge is -2.32. The van der Waals surface area contributed by atoms with Gasteiger partial charge in [0, 0.05) is 68.0 Å². The van der Waals surface area contributed by atoms with Gasteiger partial charge in [-0.1, -0.05) is 0 Å². The highest BCUT2D eigenvalue weighted by Crippen LogP contribution is 2.34. The maximum Gasteiger partial charge on any atom is 0.124 e. The van der Waals surface area contributed by atoms with Crippen LogP contribution in [-0.4, -0.2) is 89.5 Å². The molecule has 1 atom stereocenters. The molecule has 1 aliphatic heterocycles. The summed E-state index contributed by atoms with van der Waals surface area (Å²) in [4.78, 5) is 13.8. The van der Waals surface area contributed by atoms with Crippen LogP contribution in [0.2, 0.25) is 0 Å². The fraction of sp³-hybridized carbons (Fsp3) is 0.370. The Morgan fingerprint density at radius 2 is 1.76 bits per heavy atom. The van der Waals surface area contributed by atoms with Crippen molar-refractivity contribution in [1.82, 2.24) is 24.6 Å². The Labute approximate surface area is 216 Å². The third kappa shape index (κ3) is 5.82. The molecule has 1 N–H and O–H groups in total. The van der Waals surface area contributed by atoms with E-state index in [0.717, 1.165) is 46.8 Å². The number of ether oxygens (including phenoxy) is 3. The second kappa shape index (κ2) is 11.1. The van der Waals surface area contributed by atoms with Gasteiger partial charge in [-0.15, -0.1) is 0 Å². The number of anilines is 2. The number of aromatic nitrogens is 4. The van der Waals surface area contributed by atoms with Gasteiger partial charge in [0.25, 0.3) is 0 Å². The first kappa shape index (κ1) is 24.9. The number of aryl methyl sites for hydroxylation is 1. The van der Waals surface area contributed by atoms with E-state index in [0.29, 0.717) is 37.8 Å². The number of fused-ring (bicyclic) bond motifs is 1. The lowest BCUT2D eigenvalue weighted by atomic mass is 10.1. The molecule has 10 nitrogen and oxygen atoms in total. The van der Waals surface area contributed by atoms with Crippen LogP contribution in [0.15, 0.2) is 55.0 Å². The summed E-state index contributed by atoms with van der Waals surface area (Å²) >= 11 is 0. The number of hydrogen-bond donors (Lipinski definition) is 1. The van der Waals surface area contributed by atoms with Gasteiger partial charge < -0.3 is 24.2 Å². The summed E-state index contributed by atoms with van der Waals surface area (Å²) in [5.41, 5.74) is 4.90. The molecule has 194 valence electrons. The molecule has 2 aromatic carbocycles. The highest BCUT2D eigenvalue weighted by molar-refractivity contribution is 5.82. The number of rotatable bonds is 9. The standard InChI is InChI=1S/C27H32N6O4/c1-31-16-19(14-29-31)27-15-28-25-5-4-20(12-26(25)30-27)33(18-22(34)17-32-6-8-37-9-7-32)21-10-23(35-2)13-24(11-21)36-3/h4-5,10-16,22,34H,6-9,17-18H2,1-3H3. The Kier molecular flexibility index (Phi) is 7.50. The Morgan fingerprint density at radius 3 is 2.43 bits per heavy atom. The topological polar surface area (TPSA) is 98.0 Å². The second-order valence-corrected chi connectivity index (χ2v) is 9.08. The van der Waals surface area contributed by atoms with E-state index in [9.17, 15) is 5.11 Å². The smallest absolute Gasteiger partial charge is 0.124 e. The Morgan fingerprint density at radius 1 is 1.00 bits per heavy atom. The Bertz CT molecular complexity index is 1330. The molecular weight excluding hydrogens is 472 g/mol. The molecule has 0 saturated carbocycles. The first-order valence-electron chi connectivity index (χ1n) is 12.3. The van der Waals surface area contributed by atoms with Crippen LogP contribution in [0.1, 0.15) is 0 Å². The number of β-amino-alcohol motifs (C(OH)–C–C–N with tert-alkyl or cyclic N) is 1. The Hall–Kier alpha value is -3.73. The monoisotopic (exact) mass is 504 g/mol. The maximum atomic E-state index is 11.1. The molecule has 0 bridgehead atoms. The SMILES string of the molecule is COc1cc(OC)cc(N(CC(O)CN2CCOCC2)c2ccc3ncc(-c4cnn(C)c4)nc3c2)c1. The normalized spacial score (nSPS) is 15.0. The van der Waals surface area contributed by atoms with Crippen LogP contribution >= 0.6 is 0 Å². The van der Waals surface area contributed by atoms with Crippen LogP contribution in [0.5, 0.6) is 11.5 Å². The van der Waals surface area contributed by atoms with Gasteiger partial charge in [0.1, 0.15) is 11.5 Å². The van der Waals surface area contributed by atoms with Gasteiger partial charge in [-0.05, 0) is 18.2 Å². The Balaban J connectivity index is 1.51. The first-order chi connectivity index (χ1) is 18.0. The largest absolute Gasteiger partial charge is 0.497 e. The van der Waals surface area contributed by atoms with Crippen LogP contribution in [0, 0.1) is 0 Å². The van der Waals surface area contributed by atoms with Crippen LogP contribution in [0.25, 0.3) is 22.3 Å². The highest BCUT2D eigenvalue weighted by Gasteiger charge is 2.21. The van der Waals surface area contributed by atoms with Gasteiger partial charge in [-0.2, -0.15) is 5.10 Å². The predicted molar refractivity (Wildman–Crippen MR) is 142 cm³/mol. The van der Waals surface area contributed by atoms with Gasteiger partial charge in [0.05, 0.1) is 69.2 Å². The van der Waals surface area contributed by atoms with E-state index < -0.39 is 6.10 Å². The van der Waals surface area contributed by atoms with Crippen molar-refractivity contribution in [1.29, 1.82) is 0 Å². The zero-order chi connectivity index (χ0) is 25.8. The van der Waals surface area contributed by atoms with Gasteiger partial charge in [-0.3, -0.25) is 14.6 Å². The molecule has 1 fully saturated rings. The molecule has 4 aromatic rings. The van der Waals surface area contributed by atoms with E-state index in [2.05, 4.69) is 19.9 Å². The molecular formula is C27H32N6O4. The summed E-state index contributed by atoms with van der Waals surface area (Å²) in [6.45, 7) is 3.92. The molecule has 37 heavy (non-hydrogen) atoms. The highest BCUT2D eigenvalue weighted by atomic mass is 16.5. The molecule has 1 unspecified atom stereocenters. The van der Waals surface area contributed by atoms with E-state index in [1.165, 1.54) is 0 Å². The van der Waals surface area contributed by atoms with Crippen LogP contribution in [0.4, 0.5) is 11.4 Å². The van der Waals surface area contributed by atoms with Gasteiger partial charge in [0.2, 0.25) is 0 Å². The summed E-state index contributed by atoms with van der Waals surface area (Å²) in [5.74, 6) is 1.34. The zero-order valence-corrected chi connectivity index (χ0v) is 21.4. The fourth-order valence-corrected chi connectivity index (χ4v) is 4.52. The summed E-state index contributed by atoms with van der Waals surface area (Å²) in [5, 5.41) is 15.4. The van der Waals surface area contributed by atoms with E-state index in [1.807, 2.05) is 49.6 Å². The van der Waals surface area contributed by atoms with Crippen molar-refractivity contribution >= 4 is 22.4 Å². The number of morpholine rings is 1. The molecule has 1 aliphatic rings. The van der Waals surface area contributed by atoms with Crippen molar-refractivity contribution < 1.29 is 19.3 Å². The molecule has 0 radical (unpaired) electrons.